The first-order valence-electron chi connectivity index (χ1n) is 6.43. The Kier molecular flexibility index (Phi) is 6.81. The van der Waals surface area contributed by atoms with E-state index in [2.05, 4.69) is 44.2 Å². The van der Waals surface area contributed by atoms with Gasteiger partial charge in [0.2, 0.25) is 0 Å². The highest BCUT2D eigenvalue weighted by Gasteiger charge is 2.17. The van der Waals surface area contributed by atoms with Crippen molar-refractivity contribution in [1.29, 1.82) is 0 Å². The molecule has 0 amide bonds. The molecule has 1 aromatic carbocycles. The van der Waals surface area contributed by atoms with Crippen LogP contribution in [0.15, 0.2) is 30.3 Å². The van der Waals surface area contributed by atoms with Crippen LogP contribution >= 0.6 is 0 Å². The minimum Gasteiger partial charge on any atom is -0.110 e. The summed E-state index contributed by atoms with van der Waals surface area (Å²) in [6, 6.07) is 11.2. The molecule has 0 aromatic heterocycles. The van der Waals surface area contributed by atoms with Gasteiger partial charge >= 0.3 is 14.1 Å². The van der Waals surface area contributed by atoms with E-state index in [9.17, 15) is 0 Å². The van der Waals surface area contributed by atoms with Gasteiger partial charge < -0.3 is 0 Å². The Hall–Kier alpha value is -0.248. The summed E-state index contributed by atoms with van der Waals surface area (Å²) in [4.78, 5) is 0. The van der Waals surface area contributed by atoms with Crippen LogP contribution < -0.4 is 4.43 Å². The molecule has 0 unspecified atom stereocenters. The van der Waals surface area contributed by atoms with E-state index in [1.165, 1.54) is 36.2 Å². The molecule has 0 saturated carbocycles. The van der Waals surface area contributed by atoms with Gasteiger partial charge in [0, 0.05) is 0 Å². The summed E-state index contributed by atoms with van der Waals surface area (Å²) in [6.45, 7) is 4.60. The first-order valence-corrected chi connectivity index (χ1v) is 8.64. The molecular weight excluding hydrogens is 195 g/mol. The van der Waals surface area contributed by atoms with Gasteiger partial charge in [0.1, 0.15) is 0 Å². The van der Waals surface area contributed by atoms with Crippen LogP contribution in [0, 0.1) is 0 Å². The van der Waals surface area contributed by atoms with Crippen molar-refractivity contribution in [2.24, 2.45) is 0 Å². The SMILES string of the molecule is CCC[CH2][Al]([CH2]CCC)[c]1ccccc1. The largest absolute Gasteiger partial charge is 0.305 e. The van der Waals surface area contributed by atoms with Crippen LogP contribution in [0.1, 0.15) is 39.5 Å². The highest BCUT2D eigenvalue weighted by molar-refractivity contribution is 6.73. The van der Waals surface area contributed by atoms with Gasteiger partial charge in [-0.05, 0) is 0 Å². The molecule has 0 aliphatic carbocycles. The van der Waals surface area contributed by atoms with Gasteiger partial charge in [0.25, 0.3) is 0 Å². The summed E-state index contributed by atoms with van der Waals surface area (Å²) in [5.41, 5.74) is 0. The fourth-order valence-electron chi connectivity index (χ4n) is 2.10. The second-order valence-corrected chi connectivity index (χ2v) is 7.61. The molecule has 1 heteroatoms. The number of benzene rings is 1. The summed E-state index contributed by atoms with van der Waals surface area (Å²) in [5, 5.41) is 3.00. The predicted molar refractivity (Wildman–Crippen MR) is 71.3 cm³/mol. The van der Waals surface area contributed by atoms with Crippen molar-refractivity contribution < 1.29 is 0 Å². The Morgan fingerprint density at radius 1 is 0.867 bits per heavy atom. The third-order valence-corrected chi connectivity index (χ3v) is 6.62. The van der Waals surface area contributed by atoms with E-state index in [-0.39, 0.29) is 0 Å². The third kappa shape index (κ3) is 4.87. The monoisotopic (exact) mass is 218 g/mol. The third-order valence-electron chi connectivity index (χ3n) is 3.08. The molecule has 0 nitrogen and oxygen atoms in total. The minimum atomic E-state index is -0.627. The first kappa shape index (κ1) is 12.8. The van der Waals surface area contributed by atoms with Crippen molar-refractivity contribution in [3.63, 3.8) is 0 Å². The van der Waals surface area contributed by atoms with E-state index in [0.717, 1.165) is 0 Å². The highest BCUT2D eigenvalue weighted by Crippen LogP contribution is 2.10. The number of hydrogen-bond donors (Lipinski definition) is 0. The fraction of sp³-hybridized carbons (Fsp3) is 0.571. The number of rotatable bonds is 7. The van der Waals surface area contributed by atoms with E-state index in [1.54, 1.807) is 4.43 Å². The van der Waals surface area contributed by atoms with Crippen molar-refractivity contribution in [1.82, 2.24) is 0 Å². The lowest BCUT2D eigenvalue weighted by molar-refractivity contribution is 0.845. The standard InChI is InChI=1S/C6H5.2C4H9.Al/c1-2-4-6-5-3-1;2*1-3-4-2;/h1-5H;2*1,3-4H2,2H3;. The molecule has 0 saturated heterocycles. The van der Waals surface area contributed by atoms with Gasteiger partial charge in [-0.1, -0.05) is 80.4 Å². The van der Waals surface area contributed by atoms with E-state index >= 15 is 0 Å². The Morgan fingerprint density at radius 3 is 1.87 bits per heavy atom. The summed E-state index contributed by atoms with van der Waals surface area (Å²) in [7, 11) is 0. The number of hydrogen-bond acceptors (Lipinski definition) is 0. The maximum Gasteiger partial charge on any atom is 0.305 e. The van der Waals surface area contributed by atoms with Crippen molar-refractivity contribution in [2.45, 2.75) is 50.1 Å². The number of unbranched alkanes of at least 4 members (excludes halogenated alkanes) is 2. The lowest BCUT2D eigenvalue weighted by Crippen LogP contribution is -2.29. The summed E-state index contributed by atoms with van der Waals surface area (Å²) in [6.07, 6.45) is 5.55. The van der Waals surface area contributed by atoms with Gasteiger partial charge in [-0.2, -0.15) is 0 Å². The molecule has 0 aliphatic rings. The van der Waals surface area contributed by atoms with Crippen LogP contribution in [0.4, 0.5) is 0 Å². The molecule has 0 fully saturated rings. The van der Waals surface area contributed by atoms with Crippen LogP contribution in [0.5, 0.6) is 0 Å². The zero-order valence-corrected chi connectivity index (χ0v) is 11.4. The Bertz CT molecular complexity index is 235. The zero-order valence-electron chi connectivity index (χ0n) is 10.2. The maximum absolute atomic E-state index is 2.35. The van der Waals surface area contributed by atoms with Gasteiger partial charge in [0.05, 0.1) is 0 Å². The topological polar surface area (TPSA) is 0 Å². The van der Waals surface area contributed by atoms with Crippen molar-refractivity contribution in [3.05, 3.63) is 30.3 Å². The van der Waals surface area contributed by atoms with Crippen molar-refractivity contribution in [3.8, 4) is 0 Å². The Labute approximate surface area is 99.1 Å². The van der Waals surface area contributed by atoms with E-state index in [1.807, 2.05) is 0 Å². The van der Waals surface area contributed by atoms with E-state index < -0.39 is 14.1 Å². The second kappa shape index (κ2) is 7.97. The molecule has 0 spiro atoms. The molecular formula is C14H23Al. The molecule has 1 aromatic rings. The molecule has 15 heavy (non-hydrogen) atoms. The second-order valence-electron chi connectivity index (χ2n) is 4.39. The average Bonchev–Trinajstić information content (AvgIpc) is 2.30. The highest BCUT2D eigenvalue weighted by atomic mass is 27.2. The normalized spacial score (nSPS) is 10.3. The average molecular weight is 218 g/mol. The first-order chi connectivity index (χ1) is 7.38. The van der Waals surface area contributed by atoms with Crippen LogP contribution in [-0.4, -0.2) is 14.1 Å². The molecule has 82 valence electrons. The van der Waals surface area contributed by atoms with Crippen LogP contribution in [0.25, 0.3) is 0 Å². The van der Waals surface area contributed by atoms with Crippen molar-refractivity contribution in [2.75, 3.05) is 0 Å². The summed E-state index contributed by atoms with van der Waals surface area (Å²) in [5.74, 6) is 0. The molecule has 0 bridgehead atoms. The molecule has 0 aliphatic heterocycles. The summed E-state index contributed by atoms with van der Waals surface area (Å²) < 4.78 is 1.68. The van der Waals surface area contributed by atoms with Crippen molar-refractivity contribution >= 4 is 18.6 Å². The smallest absolute Gasteiger partial charge is 0.110 e. The maximum atomic E-state index is 2.35. The van der Waals surface area contributed by atoms with Gasteiger partial charge in [0.15, 0.2) is 0 Å². The van der Waals surface area contributed by atoms with E-state index in [4.69, 9.17) is 0 Å². The quantitative estimate of drug-likeness (QED) is 0.607. The Balaban J connectivity index is 2.55. The molecule has 0 N–H and O–H groups in total. The molecule has 0 atom stereocenters. The lowest BCUT2D eigenvalue weighted by atomic mass is 10.4. The van der Waals surface area contributed by atoms with Crippen LogP contribution in [0.3, 0.4) is 0 Å². The molecule has 1 rings (SSSR count). The van der Waals surface area contributed by atoms with Gasteiger partial charge in [-0.15, -0.1) is 4.43 Å². The summed E-state index contributed by atoms with van der Waals surface area (Å²) >= 11 is -0.627. The van der Waals surface area contributed by atoms with Crippen LogP contribution in [0.2, 0.25) is 10.6 Å². The van der Waals surface area contributed by atoms with E-state index in [0.29, 0.717) is 0 Å². The van der Waals surface area contributed by atoms with Gasteiger partial charge in [-0.3, -0.25) is 0 Å². The molecule has 0 radical (unpaired) electrons. The molecule has 0 heterocycles. The Morgan fingerprint density at radius 2 is 1.40 bits per heavy atom. The fourth-order valence-corrected chi connectivity index (χ4v) is 5.63. The lowest BCUT2D eigenvalue weighted by Gasteiger charge is -2.11. The minimum absolute atomic E-state index is 0.627. The van der Waals surface area contributed by atoms with Crippen LogP contribution in [-0.2, 0) is 0 Å². The predicted octanol–water partition coefficient (Wildman–Crippen LogP) is 3.99. The zero-order chi connectivity index (χ0) is 10.9. The van der Waals surface area contributed by atoms with Gasteiger partial charge in [-0.25, -0.2) is 0 Å².